The van der Waals surface area contributed by atoms with E-state index in [9.17, 15) is 9.90 Å². The zero-order valence-corrected chi connectivity index (χ0v) is 12.7. The molecule has 114 valence electrons. The summed E-state index contributed by atoms with van der Waals surface area (Å²) < 4.78 is 0. The fraction of sp³-hybridized carbons (Fsp3) is 0.938. The number of amides is 1. The predicted molar refractivity (Wildman–Crippen MR) is 77.9 cm³/mol. The van der Waals surface area contributed by atoms with Crippen molar-refractivity contribution in [2.45, 2.75) is 76.6 Å². The van der Waals surface area contributed by atoms with E-state index in [2.05, 4.69) is 18.7 Å². The van der Waals surface area contributed by atoms with Crippen LogP contribution < -0.4 is 5.73 Å². The van der Waals surface area contributed by atoms with E-state index in [1.807, 2.05) is 0 Å². The Hall–Kier alpha value is -0.610. The van der Waals surface area contributed by atoms with E-state index in [0.29, 0.717) is 17.7 Å². The van der Waals surface area contributed by atoms with Gasteiger partial charge in [-0.1, -0.05) is 13.8 Å². The van der Waals surface area contributed by atoms with Gasteiger partial charge in [-0.05, 0) is 50.4 Å². The molecule has 0 aromatic heterocycles. The Kier molecular flexibility index (Phi) is 3.80. The standard InChI is InChI=1S/C16H28N2O2/c1-9-5-10(2)15(17)8-14(9)16(20)18-11-3-4-12(18)7-13(19)6-11/h9-15,19H,3-8,17H2,1-2H3. The third kappa shape index (κ3) is 2.37. The molecule has 1 amide bonds. The van der Waals surface area contributed by atoms with Gasteiger partial charge in [-0.3, -0.25) is 4.79 Å². The van der Waals surface area contributed by atoms with E-state index in [1.165, 1.54) is 0 Å². The summed E-state index contributed by atoms with van der Waals surface area (Å²) in [7, 11) is 0. The average Bonchev–Trinajstić information content (AvgIpc) is 2.65. The third-order valence-corrected chi connectivity index (χ3v) is 5.97. The summed E-state index contributed by atoms with van der Waals surface area (Å²) in [5.74, 6) is 1.37. The molecule has 2 saturated heterocycles. The maximum Gasteiger partial charge on any atom is 0.226 e. The van der Waals surface area contributed by atoms with Crippen LogP contribution in [0.25, 0.3) is 0 Å². The second-order valence-corrected chi connectivity index (χ2v) is 7.45. The van der Waals surface area contributed by atoms with Crippen LogP contribution in [0.15, 0.2) is 0 Å². The maximum absolute atomic E-state index is 13.0. The molecule has 6 unspecified atom stereocenters. The lowest BCUT2D eigenvalue weighted by atomic mass is 9.72. The maximum atomic E-state index is 13.0. The molecule has 0 aromatic rings. The van der Waals surface area contributed by atoms with Gasteiger partial charge in [0.2, 0.25) is 5.91 Å². The molecular formula is C16H28N2O2. The first-order chi connectivity index (χ1) is 9.47. The van der Waals surface area contributed by atoms with Crippen LogP contribution >= 0.6 is 0 Å². The van der Waals surface area contributed by atoms with Crippen molar-refractivity contribution in [3.63, 3.8) is 0 Å². The van der Waals surface area contributed by atoms with Crippen molar-refractivity contribution < 1.29 is 9.90 Å². The summed E-state index contributed by atoms with van der Waals surface area (Å²) in [6.45, 7) is 4.40. The van der Waals surface area contributed by atoms with Crippen molar-refractivity contribution in [1.82, 2.24) is 4.90 Å². The van der Waals surface area contributed by atoms with Crippen molar-refractivity contribution in [3.05, 3.63) is 0 Å². The predicted octanol–water partition coefficient (Wildman–Crippen LogP) is 1.51. The molecule has 1 saturated carbocycles. The number of carbonyl (C=O) groups excluding carboxylic acids is 1. The second-order valence-electron chi connectivity index (χ2n) is 7.45. The number of nitrogens with two attached hydrogens (primary N) is 1. The van der Waals surface area contributed by atoms with Gasteiger partial charge in [0, 0.05) is 24.0 Å². The number of aliphatic hydroxyl groups excluding tert-OH is 1. The van der Waals surface area contributed by atoms with Gasteiger partial charge >= 0.3 is 0 Å². The highest BCUT2D eigenvalue weighted by atomic mass is 16.3. The second kappa shape index (κ2) is 5.30. The Bertz CT molecular complexity index is 373. The molecule has 3 rings (SSSR count). The molecule has 1 aliphatic carbocycles. The van der Waals surface area contributed by atoms with Crippen LogP contribution in [0.1, 0.15) is 52.4 Å². The molecule has 4 nitrogen and oxygen atoms in total. The van der Waals surface area contributed by atoms with E-state index in [-0.39, 0.29) is 30.1 Å². The first-order valence-electron chi connectivity index (χ1n) is 8.23. The Morgan fingerprint density at radius 3 is 2.25 bits per heavy atom. The summed E-state index contributed by atoms with van der Waals surface area (Å²) in [5, 5.41) is 9.87. The first-order valence-corrected chi connectivity index (χ1v) is 8.23. The van der Waals surface area contributed by atoms with Crippen LogP contribution in [0.4, 0.5) is 0 Å². The highest BCUT2D eigenvalue weighted by molar-refractivity contribution is 5.80. The summed E-state index contributed by atoms with van der Waals surface area (Å²) >= 11 is 0. The largest absolute Gasteiger partial charge is 0.393 e. The quantitative estimate of drug-likeness (QED) is 0.765. The van der Waals surface area contributed by atoms with E-state index in [4.69, 9.17) is 5.73 Å². The molecule has 2 bridgehead atoms. The van der Waals surface area contributed by atoms with Gasteiger partial charge in [0.05, 0.1) is 6.10 Å². The lowest BCUT2D eigenvalue weighted by molar-refractivity contribution is -0.145. The highest BCUT2D eigenvalue weighted by Crippen LogP contribution is 2.40. The van der Waals surface area contributed by atoms with Crippen LogP contribution in [0.2, 0.25) is 0 Å². The summed E-state index contributed by atoms with van der Waals surface area (Å²) in [6, 6.07) is 0.714. The van der Waals surface area contributed by atoms with E-state index in [1.54, 1.807) is 0 Å². The van der Waals surface area contributed by atoms with Gasteiger partial charge in [-0.2, -0.15) is 0 Å². The first kappa shape index (κ1) is 14.3. The minimum atomic E-state index is -0.206. The summed E-state index contributed by atoms with van der Waals surface area (Å²) in [4.78, 5) is 15.1. The summed E-state index contributed by atoms with van der Waals surface area (Å²) in [6.07, 6.45) is 5.36. The molecule has 6 atom stereocenters. The molecule has 3 N–H and O–H groups in total. The lowest BCUT2D eigenvalue weighted by Crippen LogP contribution is -2.53. The number of hydrogen-bond acceptors (Lipinski definition) is 3. The molecule has 2 aliphatic heterocycles. The molecule has 0 spiro atoms. The fourth-order valence-corrected chi connectivity index (χ4v) is 4.73. The van der Waals surface area contributed by atoms with Gasteiger partial charge in [0.15, 0.2) is 0 Å². The number of carbonyl (C=O) groups is 1. The zero-order chi connectivity index (χ0) is 14.4. The van der Waals surface area contributed by atoms with Crippen LogP contribution in [0, 0.1) is 17.8 Å². The van der Waals surface area contributed by atoms with Crippen molar-refractivity contribution in [3.8, 4) is 0 Å². The normalized spacial score (nSPS) is 48.4. The monoisotopic (exact) mass is 280 g/mol. The number of aliphatic hydroxyl groups is 1. The van der Waals surface area contributed by atoms with Crippen molar-refractivity contribution >= 4 is 5.91 Å². The fourth-order valence-electron chi connectivity index (χ4n) is 4.73. The van der Waals surface area contributed by atoms with Crippen molar-refractivity contribution in [2.24, 2.45) is 23.5 Å². The topological polar surface area (TPSA) is 66.6 Å². The highest BCUT2D eigenvalue weighted by Gasteiger charge is 2.46. The molecule has 20 heavy (non-hydrogen) atoms. The van der Waals surface area contributed by atoms with Gasteiger partial charge in [0.25, 0.3) is 0 Å². The number of fused-ring (bicyclic) bond motifs is 2. The molecule has 3 aliphatic rings. The third-order valence-electron chi connectivity index (χ3n) is 5.97. The lowest BCUT2D eigenvalue weighted by Gasteiger charge is -2.43. The van der Waals surface area contributed by atoms with Crippen molar-refractivity contribution in [1.29, 1.82) is 0 Å². The van der Waals surface area contributed by atoms with Crippen molar-refractivity contribution in [2.75, 3.05) is 0 Å². The molecular weight excluding hydrogens is 252 g/mol. The molecule has 0 aromatic carbocycles. The minimum Gasteiger partial charge on any atom is -0.393 e. The molecule has 0 radical (unpaired) electrons. The number of rotatable bonds is 1. The van der Waals surface area contributed by atoms with E-state index >= 15 is 0 Å². The number of hydrogen-bond donors (Lipinski definition) is 2. The molecule has 3 fully saturated rings. The molecule has 2 heterocycles. The van der Waals surface area contributed by atoms with Gasteiger partial charge in [0.1, 0.15) is 0 Å². The Morgan fingerprint density at radius 2 is 1.65 bits per heavy atom. The average molecular weight is 280 g/mol. The number of nitrogens with zero attached hydrogens (tertiary/aromatic N) is 1. The summed E-state index contributed by atoms with van der Waals surface area (Å²) in [5.41, 5.74) is 6.19. The minimum absolute atomic E-state index is 0.0968. The van der Waals surface area contributed by atoms with Gasteiger partial charge in [-0.25, -0.2) is 0 Å². The van der Waals surface area contributed by atoms with Crippen LogP contribution in [0.3, 0.4) is 0 Å². The zero-order valence-electron chi connectivity index (χ0n) is 12.7. The smallest absolute Gasteiger partial charge is 0.226 e. The van der Waals surface area contributed by atoms with E-state index < -0.39 is 0 Å². The molecule has 4 heteroatoms. The Morgan fingerprint density at radius 1 is 1.05 bits per heavy atom. The van der Waals surface area contributed by atoms with Gasteiger partial charge < -0.3 is 15.7 Å². The van der Waals surface area contributed by atoms with Crippen LogP contribution in [-0.4, -0.2) is 40.1 Å². The van der Waals surface area contributed by atoms with Gasteiger partial charge in [-0.15, -0.1) is 0 Å². The Balaban J connectivity index is 1.73. The van der Waals surface area contributed by atoms with Crippen LogP contribution in [-0.2, 0) is 4.79 Å². The SMILES string of the molecule is CC1CC(C)C(C(=O)N2C3CCC2CC(O)C3)CC1N. The number of piperidine rings is 1. The van der Waals surface area contributed by atoms with Crippen LogP contribution in [0.5, 0.6) is 0 Å². The van der Waals surface area contributed by atoms with E-state index in [0.717, 1.165) is 38.5 Å². The Labute approximate surface area is 121 Å².